The number of aryl methyl sites for hydroxylation is 2. The number of amides is 2. The van der Waals surface area contributed by atoms with E-state index >= 15 is 0 Å². The van der Waals surface area contributed by atoms with E-state index in [0.717, 1.165) is 22.2 Å². The van der Waals surface area contributed by atoms with Gasteiger partial charge in [0.05, 0.1) is 11.0 Å². The van der Waals surface area contributed by atoms with Gasteiger partial charge in [-0.1, -0.05) is 19.9 Å². The van der Waals surface area contributed by atoms with E-state index in [-0.39, 0.29) is 23.9 Å². The SMILES string of the molecule is Cc1ccc2c(c1C(C)C)n(C)c(=O)n2C1CCC(=O)NC1=O. The first-order valence-corrected chi connectivity index (χ1v) is 7.87. The number of benzene rings is 1. The fraction of sp³-hybridized carbons (Fsp3) is 0.471. The van der Waals surface area contributed by atoms with Crippen molar-refractivity contribution in [1.29, 1.82) is 0 Å². The molecule has 1 aliphatic rings. The lowest BCUT2D eigenvalue weighted by atomic mass is 9.96. The summed E-state index contributed by atoms with van der Waals surface area (Å²) < 4.78 is 3.14. The van der Waals surface area contributed by atoms with E-state index in [0.29, 0.717) is 6.42 Å². The van der Waals surface area contributed by atoms with Gasteiger partial charge in [-0.15, -0.1) is 0 Å². The number of hydrogen-bond acceptors (Lipinski definition) is 3. The topological polar surface area (TPSA) is 73.1 Å². The molecule has 0 saturated carbocycles. The maximum Gasteiger partial charge on any atom is 0.329 e. The number of piperidine rings is 1. The van der Waals surface area contributed by atoms with Crippen LogP contribution in [0, 0.1) is 6.92 Å². The Bertz CT molecular complexity index is 873. The van der Waals surface area contributed by atoms with Crippen molar-refractivity contribution in [3.8, 4) is 0 Å². The molecule has 1 N–H and O–H groups in total. The zero-order chi connectivity index (χ0) is 16.9. The molecule has 2 amide bonds. The van der Waals surface area contributed by atoms with Crippen LogP contribution in [0.5, 0.6) is 0 Å². The molecule has 23 heavy (non-hydrogen) atoms. The minimum Gasteiger partial charge on any atom is -0.295 e. The Hall–Kier alpha value is -2.37. The quantitative estimate of drug-likeness (QED) is 0.858. The van der Waals surface area contributed by atoms with Crippen molar-refractivity contribution in [2.24, 2.45) is 7.05 Å². The average molecular weight is 315 g/mol. The van der Waals surface area contributed by atoms with Crippen molar-refractivity contribution < 1.29 is 9.59 Å². The summed E-state index contributed by atoms with van der Waals surface area (Å²) in [5, 5.41) is 2.33. The normalized spacial score (nSPS) is 18.7. The summed E-state index contributed by atoms with van der Waals surface area (Å²) in [5.74, 6) is -0.414. The Morgan fingerprint density at radius 1 is 1.22 bits per heavy atom. The van der Waals surface area contributed by atoms with Gasteiger partial charge in [0.2, 0.25) is 11.8 Å². The summed E-state index contributed by atoms with van der Waals surface area (Å²) >= 11 is 0. The van der Waals surface area contributed by atoms with Gasteiger partial charge in [-0.2, -0.15) is 0 Å². The molecule has 6 nitrogen and oxygen atoms in total. The number of hydrogen-bond donors (Lipinski definition) is 1. The minimum atomic E-state index is -0.633. The van der Waals surface area contributed by atoms with Gasteiger partial charge >= 0.3 is 5.69 Å². The lowest BCUT2D eigenvalue weighted by Gasteiger charge is -2.22. The van der Waals surface area contributed by atoms with Crippen LogP contribution in [0.2, 0.25) is 0 Å². The van der Waals surface area contributed by atoms with Crippen LogP contribution in [0.25, 0.3) is 11.0 Å². The fourth-order valence-corrected chi connectivity index (χ4v) is 3.56. The summed E-state index contributed by atoms with van der Waals surface area (Å²) in [6.07, 6.45) is 0.608. The van der Waals surface area contributed by atoms with E-state index in [1.54, 1.807) is 11.6 Å². The fourth-order valence-electron chi connectivity index (χ4n) is 3.56. The number of nitrogens with one attached hydrogen (secondary N) is 1. The van der Waals surface area contributed by atoms with Crippen LogP contribution < -0.4 is 11.0 Å². The molecule has 6 heteroatoms. The van der Waals surface area contributed by atoms with Gasteiger partial charge in [-0.3, -0.25) is 24.0 Å². The minimum absolute atomic E-state index is 0.220. The van der Waals surface area contributed by atoms with Crippen molar-refractivity contribution in [3.63, 3.8) is 0 Å². The van der Waals surface area contributed by atoms with Crippen molar-refractivity contribution in [3.05, 3.63) is 33.7 Å². The summed E-state index contributed by atoms with van der Waals surface area (Å²) in [7, 11) is 1.73. The Labute approximate surface area is 134 Å². The molecule has 2 aromatic rings. The maximum atomic E-state index is 12.8. The Morgan fingerprint density at radius 2 is 1.91 bits per heavy atom. The smallest absolute Gasteiger partial charge is 0.295 e. The van der Waals surface area contributed by atoms with Crippen LogP contribution in [0.3, 0.4) is 0 Å². The van der Waals surface area contributed by atoms with Gasteiger partial charge < -0.3 is 0 Å². The molecule has 122 valence electrons. The highest BCUT2D eigenvalue weighted by Crippen LogP contribution is 2.30. The van der Waals surface area contributed by atoms with Crippen molar-refractivity contribution >= 4 is 22.8 Å². The molecule has 1 atom stereocenters. The summed E-state index contributed by atoms with van der Waals surface area (Å²) in [6.45, 7) is 6.22. The largest absolute Gasteiger partial charge is 0.329 e. The van der Waals surface area contributed by atoms with Gasteiger partial charge in [0.1, 0.15) is 6.04 Å². The third-order valence-electron chi connectivity index (χ3n) is 4.60. The van der Waals surface area contributed by atoms with Crippen LogP contribution in [-0.4, -0.2) is 20.9 Å². The van der Waals surface area contributed by atoms with Crippen LogP contribution in [0.1, 0.15) is 49.8 Å². The molecule has 1 aromatic heterocycles. The van der Waals surface area contributed by atoms with Gasteiger partial charge in [0, 0.05) is 13.5 Å². The zero-order valence-electron chi connectivity index (χ0n) is 13.8. The third kappa shape index (κ3) is 2.29. The molecule has 0 bridgehead atoms. The number of aromatic nitrogens is 2. The van der Waals surface area contributed by atoms with E-state index in [4.69, 9.17) is 0 Å². The molecule has 1 unspecified atom stereocenters. The number of imide groups is 1. The molecule has 1 saturated heterocycles. The highest BCUT2D eigenvalue weighted by Gasteiger charge is 2.31. The maximum absolute atomic E-state index is 12.8. The van der Waals surface area contributed by atoms with Crippen molar-refractivity contribution in [1.82, 2.24) is 14.5 Å². The number of carbonyl (C=O) groups excluding carboxylic acids is 2. The summed E-state index contributed by atoms with van der Waals surface area (Å²) in [4.78, 5) is 36.3. The second-order valence-corrected chi connectivity index (χ2v) is 6.50. The van der Waals surface area contributed by atoms with Crippen LogP contribution in [0.4, 0.5) is 0 Å². The predicted molar refractivity (Wildman–Crippen MR) is 87.4 cm³/mol. The number of rotatable bonds is 2. The van der Waals surface area contributed by atoms with Crippen molar-refractivity contribution in [2.75, 3.05) is 0 Å². The van der Waals surface area contributed by atoms with Crippen molar-refractivity contribution in [2.45, 2.75) is 45.6 Å². The number of nitrogens with zero attached hydrogens (tertiary/aromatic N) is 2. The molecule has 0 radical (unpaired) electrons. The van der Waals surface area contributed by atoms with Crippen LogP contribution in [0.15, 0.2) is 16.9 Å². The Balaban J connectivity index is 2.29. The van der Waals surface area contributed by atoms with Gasteiger partial charge in [-0.25, -0.2) is 4.79 Å². The summed E-state index contributed by atoms with van der Waals surface area (Å²) in [6, 6.07) is 3.24. The monoisotopic (exact) mass is 315 g/mol. The molecule has 0 aliphatic carbocycles. The Morgan fingerprint density at radius 3 is 2.52 bits per heavy atom. The number of carbonyl (C=O) groups is 2. The zero-order valence-corrected chi connectivity index (χ0v) is 13.8. The predicted octanol–water partition coefficient (Wildman–Crippen LogP) is 1.75. The van der Waals surface area contributed by atoms with Crippen LogP contribution in [-0.2, 0) is 16.6 Å². The highest BCUT2D eigenvalue weighted by molar-refractivity contribution is 6.00. The molecule has 1 fully saturated rings. The number of imidazole rings is 1. The van der Waals surface area contributed by atoms with E-state index in [9.17, 15) is 14.4 Å². The molecule has 0 spiro atoms. The van der Waals surface area contributed by atoms with E-state index in [2.05, 4.69) is 19.2 Å². The molecular formula is C17H21N3O3. The first-order chi connectivity index (χ1) is 10.8. The first kappa shape index (κ1) is 15.5. The van der Waals surface area contributed by atoms with Gasteiger partial charge in [-0.05, 0) is 36.5 Å². The number of fused-ring (bicyclic) bond motifs is 1. The molecule has 1 aromatic carbocycles. The average Bonchev–Trinajstić information content (AvgIpc) is 2.72. The van der Waals surface area contributed by atoms with Gasteiger partial charge in [0.25, 0.3) is 0 Å². The highest BCUT2D eigenvalue weighted by atomic mass is 16.2. The van der Waals surface area contributed by atoms with E-state index in [1.165, 1.54) is 4.57 Å². The van der Waals surface area contributed by atoms with Gasteiger partial charge in [0.15, 0.2) is 0 Å². The molecule has 3 rings (SSSR count). The summed E-state index contributed by atoms with van der Waals surface area (Å²) in [5.41, 5.74) is 3.65. The third-order valence-corrected chi connectivity index (χ3v) is 4.60. The molecule has 1 aliphatic heterocycles. The Kier molecular flexibility index (Phi) is 3.62. The first-order valence-electron chi connectivity index (χ1n) is 7.87. The second-order valence-electron chi connectivity index (χ2n) is 6.50. The van der Waals surface area contributed by atoms with Crippen LogP contribution >= 0.6 is 0 Å². The molecule has 2 heterocycles. The lowest BCUT2D eigenvalue weighted by molar-refractivity contribution is -0.135. The molecular weight excluding hydrogens is 294 g/mol. The lowest BCUT2D eigenvalue weighted by Crippen LogP contribution is -2.44. The standard InChI is InChI=1S/C17H21N3O3/c1-9(2)14-10(3)5-6-11-15(14)19(4)17(23)20(11)12-7-8-13(21)18-16(12)22/h5-6,9,12H,7-8H2,1-4H3,(H,18,21,22). The van der Waals surface area contributed by atoms with E-state index in [1.807, 2.05) is 19.1 Å². The van der Waals surface area contributed by atoms with E-state index < -0.39 is 11.9 Å². The second kappa shape index (κ2) is 5.37.